The minimum atomic E-state index is -3.74. The zero-order chi connectivity index (χ0) is 14.3. The van der Waals surface area contributed by atoms with Gasteiger partial charge in [0.05, 0.1) is 18.8 Å². The van der Waals surface area contributed by atoms with Gasteiger partial charge >= 0.3 is 11.9 Å². The standard InChI is InChI=1S/C13H16F2O4/c1-3-18-12(16)13(14,15)10-6-4-5-7-11(10)19-9-8-17-2/h4-7H,3,8-9H2,1-2H3. The predicted octanol–water partition coefficient (Wildman–Crippen LogP) is 2.37. The van der Waals surface area contributed by atoms with E-state index in [0.29, 0.717) is 0 Å². The molecule has 6 heteroatoms. The fraction of sp³-hybridized carbons (Fsp3) is 0.462. The number of ether oxygens (including phenoxy) is 3. The Morgan fingerprint density at radius 1 is 1.26 bits per heavy atom. The number of para-hydroxylation sites is 1. The van der Waals surface area contributed by atoms with Crippen LogP contribution >= 0.6 is 0 Å². The van der Waals surface area contributed by atoms with Crippen LogP contribution in [0.25, 0.3) is 0 Å². The van der Waals surface area contributed by atoms with Crippen LogP contribution in [-0.4, -0.2) is 32.9 Å². The molecule has 0 aliphatic heterocycles. The summed E-state index contributed by atoms with van der Waals surface area (Å²) in [5.74, 6) is -5.38. The van der Waals surface area contributed by atoms with E-state index in [0.717, 1.165) is 6.07 Å². The van der Waals surface area contributed by atoms with Crippen LogP contribution in [0.1, 0.15) is 12.5 Å². The molecule has 1 aromatic carbocycles. The monoisotopic (exact) mass is 274 g/mol. The second-order valence-corrected chi connectivity index (χ2v) is 3.63. The Balaban J connectivity index is 2.94. The van der Waals surface area contributed by atoms with Crippen molar-refractivity contribution in [1.29, 1.82) is 0 Å². The first-order valence-electron chi connectivity index (χ1n) is 5.80. The Labute approximate surface area is 110 Å². The Morgan fingerprint density at radius 3 is 2.58 bits per heavy atom. The Morgan fingerprint density at radius 2 is 1.95 bits per heavy atom. The Kier molecular flexibility index (Phi) is 5.69. The lowest BCUT2D eigenvalue weighted by atomic mass is 10.1. The van der Waals surface area contributed by atoms with Gasteiger partial charge in [-0.05, 0) is 19.1 Å². The summed E-state index contributed by atoms with van der Waals surface area (Å²) >= 11 is 0. The van der Waals surface area contributed by atoms with E-state index in [4.69, 9.17) is 9.47 Å². The highest BCUT2D eigenvalue weighted by Crippen LogP contribution is 2.35. The predicted molar refractivity (Wildman–Crippen MR) is 64.3 cm³/mol. The number of rotatable bonds is 7. The maximum Gasteiger partial charge on any atom is 0.382 e. The lowest BCUT2D eigenvalue weighted by molar-refractivity contribution is -0.173. The first kappa shape index (κ1) is 15.4. The van der Waals surface area contributed by atoms with Crippen LogP contribution in [0.3, 0.4) is 0 Å². The third-order valence-corrected chi connectivity index (χ3v) is 2.30. The highest BCUT2D eigenvalue weighted by molar-refractivity contribution is 5.80. The molecule has 0 saturated carbocycles. The molecule has 0 N–H and O–H groups in total. The molecule has 106 valence electrons. The molecule has 0 aliphatic carbocycles. The van der Waals surface area contributed by atoms with Gasteiger partial charge in [-0.15, -0.1) is 0 Å². The molecule has 0 bridgehead atoms. The SMILES string of the molecule is CCOC(=O)C(F)(F)c1ccccc1OCCOC. The first-order valence-corrected chi connectivity index (χ1v) is 5.80. The van der Waals surface area contributed by atoms with Crippen LogP contribution in [-0.2, 0) is 20.2 Å². The molecule has 4 nitrogen and oxygen atoms in total. The van der Waals surface area contributed by atoms with Crippen molar-refractivity contribution in [2.75, 3.05) is 26.9 Å². The summed E-state index contributed by atoms with van der Waals surface area (Å²) in [6, 6.07) is 5.47. The summed E-state index contributed by atoms with van der Waals surface area (Å²) < 4.78 is 42.2. The van der Waals surface area contributed by atoms with Crippen LogP contribution in [0.15, 0.2) is 24.3 Å². The van der Waals surface area contributed by atoms with E-state index in [9.17, 15) is 13.6 Å². The molecule has 0 radical (unpaired) electrons. The maximum absolute atomic E-state index is 13.9. The van der Waals surface area contributed by atoms with E-state index in [2.05, 4.69) is 4.74 Å². The fourth-order valence-corrected chi connectivity index (χ4v) is 1.42. The first-order chi connectivity index (χ1) is 9.04. The topological polar surface area (TPSA) is 44.8 Å². The number of halogens is 2. The molecule has 0 heterocycles. The molecule has 19 heavy (non-hydrogen) atoms. The van der Waals surface area contributed by atoms with Gasteiger partial charge in [0.15, 0.2) is 0 Å². The minimum Gasteiger partial charge on any atom is -0.491 e. The molecule has 0 saturated heterocycles. The lowest BCUT2D eigenvalue weighted by Gasteiger charge is -2.18. The van der Waals surface area contributed by atoms with E-state index >= 15 is 0 Å². The fourth-order valence-electron chi connectivity index (χ4n) is 1.42. The minimum absolute atomic E-state index is 0.0578. The maximum atomic E-state index is 13.9. The van der Waals surface area contributed by atoms with E-state index in [-0.39, 0.29) is 25.6 Å². The second kappa shape index (κ2) is 7.04. The van der Waals surface area contributed by atoms with E-state index in [1.54, 1.807) is 6.07 Å². The number of carbonyl (C=O) groups is 1. The molecule has 0 aliphatic rings. The third-order valence-electron chi connectivity index (χ3n) is 2.30. The molecule has 1 rings (SSSR count). The van der Waals surface area contributed by atoms with Gasteiger partial charge in [0.1, 0.15) is 12.4 Å². The lowest BCUT2D eigenvalue weighted by Crippen LogP contribution is -2.29. The molecule has 0 spiro atoms. The van der Waals surface area contributed by atoms with Gasteiger partial charge in [-0.25, -0.2) is 4.79 Å². The summed E-state index contributed by atoms with van der Waals surface area (Å²) in [5.41, 5.74) is -0.510. The van der Waals surface area contributed by atoms with E-state index in [1.807, 2.05) is 0 Å². The zero-order valence-electron chi connectivity index (χ0n) is 10.8. The number of hydrogen-bond acceptors (Lipinski definition) is 4. The largest absolute Gasteiger partial charge is 0.491 e. The van der Waals surface area contributed by atoms with Crippen LogP contribution < -0.4 is 4.74 Å². The summed E-state index contributed by atoms with van der Waals surface area (Å²) in [4.78, 5) is 11.3. The van der Waals surface area contributed by atoms with Crippen molar-refractivity contribution in [3.05, 3.63) is 29.8 Å². The van der Waals surface area contributed by atoms with Crippen LogP contribution in [0, 0.1) is 0 Å². The summed E-state index contributed by atoms with van der Waals surface area (Å²) in [5, 5.41) is 0. The number of methoxy groups -OCH3 is 1. The Bertz CT molecular complexity index is 421. The van der Waals surface area contributed by atoms with Gasteiger partial charge in [-0.3, -0.25) is 0 Å². The molecule has 0 atom stereocenters. The van der Waals surface area contributed by atoms with E-state index < -0.39 is 17.5 Å². The summed E-state index contributed by atoms with van der Waals surface area (Å²) in [7, 11) is 1.47. The summed E-state index contributed by atoms with van der Waals surface area (Å²) in [6.07, 6.45) is 0. The molecule has 0 unspecified atom stereocenters. The van der Waals surface area contributed by atoms with Crippen LogP contribution in [0.2, 0.25) is 0 Å². The number of hydrogen-bond donors (Lipinski definition) is 0. The summed E-state index contributed by atoms with van der Waals surface area (Å²) in [6.45, 7) is 1.74. The van der Waals surface area contributed by atoms with Crippen LogP contribution in [0.5, 0.6) is 5.75 Å². The van der Waals surface area contributed by atoms with Crippen molar-refractivity contribution in [2.45, 2.75) is 12.8 Å². The highest BCUT2D eigenvalue weighted by atomic mass is 19.3. The second-order valence-electron chi connectivity index (χ2n) is 3.63. The Hall–Kier alpha value is -1.69. The van der Waals surface area contributed by atoms with Gasteiger partial charge in [-0.1, -0.05) is 12.1 Å². The van der Waals surface area contributed by atoms with Gasteiger partial charge < -0.3 is 14.2 Å². The molecular weight excluding hydrogens is 258 g/mol. The third kappa shape index (κ3) is 3.89. The molecule has 1 aromatic rings. The number of esters is 1. The quantitative estimate of drug-likeness (QED) is 0.565. The van der Waals surface area contributed by atoms with Crippen molar-refractivity contribution in [3.63, 3.8) is 0 Å². The number of alkyl halides is 2. The zero-order valence-corrected chi connectivity index (χ0v) is 10.8. The molecule has 0 fully saturated rings. The van der Waals surface area contributed by atoms with Crippen molar-refractivity contribution in [1.82, 2.24) is 0 Å². The van der Waals surface area contributed by atoms with Crippen molar-refractivity contribution in [3.8, 4) is 5.75 Å². The van der Waals surface area contributed by atoms with Crippen molar-refractivity contribution >= 4 is 5.97 Å². The van der Waals surface area contributed by atoms with Gasteiger partial charge in [-0.2, -0.15) is 8.78 Å². The average molecular weight is 274 g/mol. The normalized spacial score (nSPS) is 11.2. The van der Waals surface area contributed by atoms with Gasteiger partial charge in [0.2, 0.25) is 0 Å². The van der Waals surface area contributed by atoms with E-state index in [1.165, 1.54) is 26.2 Å². The van der Waals surface area contributed by atoms with Gasteiger partial charge in [0, 0.05) is 7.11 Å². The van der Waals surface area contributed by atoms with Gasteiger partial charge in [0.25, 0.3) is 0 Å². The molecule has 0 amide bonds. The van der Waals surface area contributed by atoms with Crippen LogP contribution in [0.4, 0.5) is 8.78 Å². The highest BCUT2D eigenvalue weighted by Gasteiger charge is 2.44. The molecule has 0 aromatic heterocycles. The number of carbonyl (C=O) groups excluding carboxylic acids is 1. The smallest absolute Gasteiger partial charge is 0.382 e. The number of benzene rings is 1. The average Bonchev–Trinajstić information content (AvgIpc) is 2.40. The van der Waals surface area contributed by atoms with Crippen molar-refractivity contribution in [2.24, 2.45) is 0 Å². The molecular formula is C13H16F2O4. The van der Waals surface area contributed by atoms with Crippen molar-refractivity contribution < 1.29 is 27.8 Å².